The monoisotopic (exact) mass is 267 g/mol. The highest BCUT2D eigenvalue weighted by Gasteiger charge is 2.19. The first-order valence-electron chi connectivity index (χ1n) is 6.52. The van der Waals surface area contributed by atoms with Gasteiger partial charge in [-0.3, -0.25) is 0 Å². The average molecular weight is 267 g/mol. The van der Waals surface area contributed by atoms with E-state index in [2.05, 4.69) is 12.2 Å². The molecule has 1 aromatic carbocycles. The number of hydrogen-bond donors (Lipinski definition) is 2. The van der Waals surface area contributed by atoms with Crippen molar-refractivity contribution in [2.24, 2.45) is 5.92 Å². The molecule has 1 atom stereocenters. The van der Waals surface area contributed by atoms with Crippen molar-refractivity contribution >= 4 is 0 Å². The van der Waals surface area contributed by atoms with Crippen molar-refractivity contribution in [2.75, 3.05) is 27.1 Å². The summed E-state index contributed by atoms with van der Waals surface area (Å²) >= 11 is 0. The molecule has 0 saturated heterocycles. The van der Waals surface area contributed by atoms with Gasteiger partial charge in [-0.15, -0.1) is 0 Å². The molecule has 0 radical (unpaired) electrons. The van der Waals surface area contributed by atoms with Gasteiger partial charge in [0, 0.05) is 13.2 Å². The first-order chi connectivity index (χ1) is 9.24. The third-order valence-electron chi connectivity index (χ3n) is 3.16. The Kier molecular flexibility index (Phi) is 4.87. The first-order valence-corrected chi connectivity index (χ1v) is 6.52. The topological polar surface area (TPSA) is 60.0 Å². The van der Waals surface area contributed by atoms with Crippen molar-refractivity contribution in [1.82, 2.24) is 5.32 Å². The summed E-state index contributed by atoms with van der Waals surface area (Å²) in [5, 5.41) is 12.2. The highest BCUT2D eigenvalue weighted by molar-refractivity contribution is 5.55. The molecule has 0 saturated carbocycles. The van der Waals surface area contributed by atoms with E-state index in [0.717, 1.165) is 30.8 Å². The quantitative estimate of drug-likeness (QED) is 0.784. The number of benzene rings is 1. The molecule has 0 bridgehead atoms. The largest absolute Gasteiger partial charge is 0.493 e. The first kappa shape index (κ1) is 14.0. The third kappa shape index (κ3) is 3.52. The Morgan fingerprint density at radius 2 is 2.26 bits per heavy atom. The summed E-state index contributed by atoms with van der Waals surface area (Å²) in [6.07, 6.45) is 0.817. The predicted octanol–water partition coefficient (Wildman–Crippen LogP) is 1.53. The number of nitrogens with one attached hydrogen (secondary N) is 1. The summed E-state index contributed by atoms with van der Waals surface area (Å²) < 4.78 is 16.0. The second-order valence-electron chi connectivity index (χ2n) is 4.78. The summed E-state index contributed by atoms with van der Waals surface area (Å²) in [5.41, 5.74) is 1.09. The highest BCUT2D eigenvalue weighted by Crippen LogP contribution is 2.41. The molecular weight excluding hydrogens is 246 g/mol. The molecule has 1 unspecified atom stereocenters. The van der Waals surface area contributed by atoms with Gasteiger partial charge in [-0.05, 0) is 36.6 Å². The molecule has 1 heterocycles. The van der Waals surface area contributed by atoms with Crippen molar-refractivity contribution < 1.29 is 19.3 Å². The molecule has 19 heavy (non-hydrogen) atoms. The molecule has 106 valence electrons. The minimum absolute atomic E-state index is 0.237. The fourth-order valence-corrected chi connectivity index (χ4v) is 2.07. The van der Waals surface area contributed by atoms with E-state index in [-0.39, 0.29) is 13.4 Å². The van der Waals surface area contributed by atoms with Crippen molar-refractivity contribution in [1.29, 1.82) is 0 Å². The minimum atomic E-state index is 0.237. The zero-order valence-corrected chi connectivity index (χ0v) is 11.4. The van der Waals surface area contributed by atoms with Crippen LogP contribution in [0.15, 0.2) is 12.1 Å². The molecule has 0 spiro atoms. The van der Waals surface area contributed by atoms with Crippen molar-refractivity contribution in [3.05, 3.63) is 17.7 Å². The standard InChI is InChI=1S/C14H21NO4/c1-10(3-4-16)7-15-8-11-5-12(17-2)14-13(6-11)18-9-19-14/h5-6,10,15-16H,3-4,7-9H2,1-2H3. The number of methoxy groups -OCH3 is 1. The summed E-state index contributed by atoms with van der Waals surface area (Å²) in [6, 6.07) is 3.92. The zero-order valence-electron chi connectivity index (χ0n) is 11.4. The summed E-state index contributed by atoms with van der Waals surface area (Å²) in [6.45, 7) is 4.21. The van der Waals surface area contributed by atoms with Gasteiger partial charge < -0.3 is 24.6 Å². The van der Waals surface area contributed by atoms with E-state index in [1.807, 2.05) is 12.1 Å². The summed E-state index contributed by atoms with van der Waals surface area (Å²) in [4.78, 5) is 0. The van der Waals surface area contributed by atoms with Crippen molar-refractivity contribution in [2.45, 2.75) is 19.9 Å². The lowest BCUT2D eigenvalue weighted by Gasteiger charge is -2.12. The van der Waals surface area contributed by atoms with Gasteiger partial charge in [0.15, 0.2) is 11.5 Å². The molecule has 0 aliphatic carbocycles. The van der Waals surface area contributed by atoms with Gasteiger partial charge >= 0.3 is 0 Å². The summed E-state index contributed by atoms with van der Waals surface area (Å²) in [5.74, 6) is 2.58. The molecule has 2 N–H and O–H groups in total. The molecule has 1 aliphatic rings. The van der Waals surface area contributed by atoms with Crippen LogP contribution in [0.4, 0.5) is 0 Å². The SMILES string of the molecule is COc1cc(CNCC(C)CCO)cc2c1OCO2. The van der Waals surface area contributed by atoms with Gasteiger partial charge in [0.1, 0.15) is 0 Å². The molecule has 0 aromatic heterocycles. The summed E-state index contributed by atoms with van der Waals surface area (Å²) in [7, 11) is 1.62. The molecule has 0 fully saturated rings. The van der Waals surface area contributed by atoms with Crippen LogP contribution >= 0.6 is 0 Å². The Morgan fingerprint density at radius 3 is 3.00 bits per heavy atom. The number of hydrogen-bond acceptors (Lipinski definition) is 5. The van der Waals surface area contributed by atoms with Crippen LogP contribution in [0.25, 0.3) is 0 Å². The van der Waals surface area contributed by atoms with E-state index in [9.17, 15) is 0 Å². The lowest BCUT2D eigenvalue weighted by molar-refractivity contribution is 0.171. The Morgan fingerprint density at radius 1 is 1.42 bits per heavy atom. The van der Waals surface area contributed by atoms with Gasteiger partial charge in [0.25, 0.3) is 0 Å². The number of ether oxygens (including phenoxy) is 3. The lowest BCUT2D eigenvalue weighted by Crippen LogP contribution is -2.21. The van der Waals surface area contributed by atoms with Crippen LogP contribution in [-0.2, 0) is 6.54 Å². The normalized spacial score (nSPS) is 14.5. The lowest BCUT2D eigenvalue weighted by atomic mass is 10.1. The fraction of sp³-hybridized carbons (Fsp3) is 0.571. The van der Waals surface area contributed by atoms with Crippen LogP contribution in [0.5, 0.6) is 17.2 Å². The van der Waals surface area contributed by atoms with Crippen LogP contribution in [0.3, 0.4) is 0 Å². The molecule has 2 rings (SSSR count). The molecule has 0 amide bonds. The Labute approximate surface area is 113 Å². The van der Waals surface area contributed by atoms with E-state index >= 15 is 0 Å². The highest BCUT2D eigenvalue weighted by atomic mass is 16.7. The van der Waals surface area contributed by atoms with Crippen LogP contribution in [0.2, 0.25) is 0 Å². The number of fused-ring (bicyclic) bond motifs is 1. The molecule has 1 aliphatic heterocycles. The van der Waals surface area contributed by atoms with Gasteiger partial charge in [-0.2, -0.15) is 0 Å². The van der Waals surface area contributed by atoms with Gasteiger partial charge in [0.05, 0.1) is 7.11 Å². The van der Waals surface area contributed by atoms with E-state index in [4.69, 9.17) is 19.3 Å². The van der Waals surface area contributed by atoms with Crippen LogP contribution < -0.4 is 19.5 Å². The Hall–Kier alpha value is -1.46. The molecule has 1 aromatic rings. The van der Waals surface area contributed by atoms with Crippen LogP contribution in [0, 0.1) is 5.92 Å². The Balaban J connectivity index is 1.94. The van der Waals surface area contributed by atoms with Gasteiger partial charge in [-0.25, -0.2) is 0 Å². The maximum absolute atomic E-state index is 8.85. The number of rotatable bonds is 7. The average Bonchev–Trinajstić information content (AvgIpc) is 2.86. The van der Waals surface area contributed by atoms with Crippen molar-refractivity contribution in [3.8, 4) is 17.2 Å². The molecule has 5 nitrogen and oxygen atoms in total. The predicted molar refractivity (Wildman–Crippen MR) is 71.7 cm³/mol. The maximum atomic E-state index is 8.85. The fourth-order valence-electron chi connectivity index (χ4n) is 2.07. The minimum Gasteiger partial charge on any atom is -0.493 e. The van der Waals surface area contributed by atoms with Crippen LogP contribution in [0.1, 0.15) is 18.9 Å². The smallest absolute Gasteiger partial charge is 0.231 e. The number of aliphatic hydroxyl groups is 1. The zero-order chi connectivity index (χ0) is 13.7. The van der Waals surface area contributed by atoms with Crippen molar-refractivity contribution in [3.63, 3.8) is 0 Å². The molecule has 5 heteroatoms. The Bertz CT molecular complexity index is 422. The van der Waals surface area contributed by atoms with Gasteiger partial charge in [0.2, 0.25) is 12.5 Å². The second-order valence-corrected chi connectivity index (χ2v) is 4.78. The van der Waals surface area contributed by atoms with Gasteiger partial charge in [-0.1, -0.05) is 6.92 Å². The van der Waals surface area contributed by atoms with E-state index < -0.39 is 0 Å². The third-order valence-corrected chi connectivity index (χ3v) is 3.16. The molecular formula is C14H21NO4. The van der Waals surface area contributed by atoms with E-state index in [1.165, 1.54) is 0 Å². The number of aliphatic hydroxyl groups excluding tert-OH is 1. The van der Waals surface area contributed by atoms with E-state index in [1.54, 1.807) is 7.11 Å². The van der Waals surface area contributed by atoms with Crippen LogP contribution in [-0.4, -0.2) is 32.2 Å². The van der Waals surface area contributed by atoms with E-state index in [0.29, 0.717) is 17.4 Å². The second kappa shape index (κ2) is 6.63. The maximum Gasteiger partial charge on any atom is 0.231 e.